The maximum atomic E-state index is 11.8. The number of ether oxygens (including phenoxy) is 1. The van der Waals surface area contributed by atoms with Crippen LogP contribution in [0, 0.1) is 0 Å². The van der Waals surface area contributed by atoms with Crippen LogP contribution in [0.2, 0.25) is 0 Å². The van der Waals surface area contributed by atoms with E-state index in [4.69, 9.17) is 4.74 Å². The highest BCUT2D eigenvalue weighted by atomic mass is 16.5. The molecule has 0 atom stereocenters. The third-order valence-corrected chi connectivity index (χ3v) is 2.46. The molecule has 0 aromatic heterocycles. The topological polar surface area (TPSA) is 58.9 Å². The average Bonchev–Trinajstić information content (AvgIpc) is 2.40. The summed E-state index contributed by atoms with van der Waals surface area (Å²) in [6.07, 6.45) is 0. The summed E-state index contributed by atoms with van der Waals surface area (Å²) in [5.74, 6) is -0.681. The highest BCUT2D eigenvalue weighted by Gasteiger charge is 2.20. The van der Waals surface area contributed by atoms with Crippen molar-refractivity contribution in [2.24, 2.45) is 4.99 Å². The van der Waals surface area contributed by atoms with Crippen LogP contribution in [0.5, 0.6) is 0 Å². The Hall–Kier alpha value is -2.10. The lowest BCUT2D eigenvalue weighted by Gasteiger charge is -2.09. The van der Waals surface area contributed by atoms with Gasteiger partial charge in [-0.2, -0.15) is 0 Å². The Bertz CT molecular complexity index is 475. The molecule has 0 unspecified atom stereocenters. The summed E-state index contributed by atoms with van der Waals surface area (Å²) >= 11 is 0. The van der Waals surface area contributed by atoms with Crippen molar-refractivity contribution >= 4 is 17.4 Å². The largest absolute Gasteiger partial charge is 0.506 e. The zero-order valence-corrected chi connectivity index (χ0v) is 10.8. The lowest BCUT2D eigenvalue weighted by molar-refractivity contribution is -0.137. The van der Waals surface area contributed by atoms with E-state index in [2.05, 4.69) is 4.99 Å². The molecule has 4 heteroatoms. The maximum absolute atomic E-state index is 11.8. The smallest absolute Gasteiger partial charge is 0.343 e. The van der Waals surface area contributed by atoms with E-state index in [-0.39, 0.29) is 17.9 Å². The van der Waals surface area contributed by atoms with Crippen LogP contribution in [0.15, 0.2) is 40.9 Å². The van der Waals surface area contributed by atoms with E-state index in [1.165, 1.54) is 0 Å². The average molecular weight is 247 g/mol. The third kappa shape index (κ3) is 3.20. The Labute approximate surface area is 107 Å². The predicted octanol–water partition coefficient (Wildman–Crippen LogP) is 2.61. The number of aliphatic imine (C=N–C) groups is 1. The molecule has 1 aromatic rings. The molecule has 18 heavy (non-hydrogen) atoms. The summed E-state index contributed by atoms with van der Waals surface area (Å²) in [5, 5.41) is 10.2. The number of aliphatic hydroxyl groups is 1. The van der Waals surface area contributed by atoms with E-state index in [1.807, 2.05) is 6.07 Å². The van der Waals surface area contributed by atoms with Crippen LogP contribution >= 0.6 is 0 Å². The van der Waals surface area contributed by atoms with Gasteiger partial charge in [0.25, 0.3) is 0 Å². The first-order valence-electron chi connectivity index (χ1n) is 5.71. The van der Waals surface area contributed by atoms with Crippen LogP contribution in [0.4, 0.5) is 0 Å². The van der Waals surface area contributed by atoms with Gasteiger partial charge in [0, 0.05) is 18.3 Å². The van der Waals surface area contributed by atoms with Gasteiger partial charge in [0.1, 0.15) is 11.3 Å². The fourth-order valence-corrected chi connectivity index (χ4v) is 1.47. The molecule has 0 radical (unpaired) electrons. The number of carbonyl (C=O) groups excluding carboxylic acids is 1. The first-order chi connectivity index (χ1) is 8.61. The highest BCUT2D eigenvalue weighted by molar-refractivity contribution is 6.23. The van der Waals surface area contributed by atoms with Crippen molar-refractivity contribution in [3.8, 4) is 0 Å². The van der Waals surface area contributed by atoms with Crippen LogP contribution in [-0.4, -0.2) is 30.4 Å². The maximum Gasteiger partial charge on any atom is 0.343 e. The molecular weight excluding hydrogens is 230 g/mol. The van der Waals surface area contributed by atoms with E-state index in [9.17, 15) is 9.90 Å². The van der Waals surface area contributed by atoms with E-state index >= 15 is 0 Å². The van der Waals surface area contributed by atoms with Crippen molar-refractivity contribution in [1.82, 2.24) is 0 Å². The Morgan fingerprint density at radius 3 is 2.44 bits per heavy atom. The number of benzene rings is 1. The van der Waals surface area contributed by atoms with E-state index < -0.39 is 5.97 Å². The zero-order chi connectivity index (χ0) is 13.5. The fraction of sp³-hybridized carbons (Fsp3) is 0.286. The normalized spacial score (nSPS) is 12.9. The number of rotatable bonds is 4. The summed E-state index contributed by atoms with van der Waals surface area (Å²) in [4.78, 5) is 15.8. The van der Waals surface area contributed by atoms with Crippen LogP contribution in [0.1, 0.15) is 19.4 Å². The summed E-state index contributed by atoms with van der Waals surface area (Å²) < 4.78 is 4.93. The van der Waals surface area contributed by atoms with Gasteiger partial charge in [0.15, 0.2) is 0 Å². The molecule has 1 N–H and O–H groups in total. The van der Waals surface area contributed by atoms with Gasteiger partial charge >= 0.3 is 5.97 Å². The molecule has 0 spiro atoms. The molecule has 0 aliphatic carbocycles. The number of hydrogen-bond donors (Lipinski definition) is 1. The van der Waals surface area contributed by atoms with Crippen molar-refractivity contribution in [2.45, 2.75) is 13.8 Å². The molecular formula is C14H17NO3. The Kier molecular flexibility index (Phi) is 5.11. The molecule has 0 saturated heterocycles. The summed E-state index contributed by atoms with van der Waals surface area (Å²) in [7, 11) is 1.56. The van der Waals surface area contributed by atoms with Crippen molar-refractivity contribution in [3.63, 3.8) is 0 Å². The standard InChI is InChI=1S/C14H17NO3/c1-4-18-14(17)12(10(2)15-3)13(16)11-8-6-5-7-9-11/h5-9,16H,4H2,1-3H3/b13-12+,15-10?. The molecule has 96 valence electrons. The van der Waals surface area contributed by atoms with Gasteiger partial charge < -0.3 is 9.84 Å². The molecule has 1 aromatic carbocycles. The Morgan fingerprint density at radius 1 is 1.33 bits per heavy atom. The number of esters is 1. The first-order valence-corrected chi connectivity index (χ1v) is 5.71. The zero-order valence-electron chi connectivity index (χ0n) is 10.8. The second-order valence-electron chi connectivity index (χ2n) is 3.62. The number of hydrogen-bond acceptors (Lipinski definition) is 4. The molecule has 1 rings (SSSR count). The van der Waals surface area contributed by atoms with Crippen molar-refractivity contribution < 1.29 is 14.6 Å². The number of nitrogens with zero attached hydrogens (tertiary/aromatic N) is 1. The Balaban J connectivity index is 3.28. The van der Waals surface area contributed by atoms with Gasteiger partial charge in [-0.3, -0.25) is 4.99 Å². The minimum absolute atomic E-state index is 0.102. The van der Waals surface area contributed by atoms with Crippen LogP contribution in [-0.2, 0) is 9.53 Å². The second kappa shape index (κ2) is 6.59. The minimum Gasteiger partial charge on any atom is -0.506 e. The van der Waals surface area contributed by atoms with Crippen molar-refractivity contribution in [3.05, 3.63) is 41.5 Å². The second-order valence-corrected chi connectivity index (χ2v) is 3.62. The lowest BCUT2D eigenvalue weighted by atomic mass is 10.1. The summed E-state index contributed by atoms with van der Waals surface area (Å²) in [5.41, 5.74) is 1.10. The monoisotopic (exact) mass is 247 g/mol. The fourth-order valence-electron chi connectivity index (χ4n) is 1.47. The van der Waals surface area contributed by atoms with Gasteiger partial charge in [0.2, 0.25) is 0 Å². The highest BCUT2D eigenvalue weighted by Crippen LogP contribution is 2.18. The quantitative estimate of drug-likeness (QED) is 0.385. The third-order valence-electron chi connectivity index (χ3n) is 2.46. The first kappa shape index (κ1) is 14.0. The van der Waals surface area contributed by atoms with Gasteiger partial charge in [-0.1, -0.05) is 30.3 Å². The molecule has 0 bridgehead atoms. The van der Waals surface area contributed by atoms with Crippen molar-refractivity contribution in [1.29, 1.82) is 0 Å². The van der Waals surface area contributed by atoms with Crippen LogP contribution < -0.4 is 0 Å². The molecule has 0 saturated carbocycles. The van der Waals surface area contributed by atoms with Gasteiger partial charge in [-0.15, -0.1) is 0 Å². The summed E-state index contributed by atoms with van der Waals surface area (Å²) in [6.45, 7) is 3.63. The predicted molar refractivity (Wildman–Crippen MR) is 71.7 cm³/mol. The van der Waals surface area contributed by atoms with Gasteiger partial charge in [-0.25, -0.2) is 4.79 Å². The number of carbonyl (C=O) groups is 1. The SMILES string of the molecule is CCOC(=O)/C(C(C)=NC)=C(/O)c1ccccc1. The van der Waals surface area contributed by atoms with E-state index in [0.29, 0.717) is 11.3 Å². The van der Waals surface area contributed by atoms with Crippen LogP contribution in [0.3, 0.4) is 0 Å². The van der Waals surface area contributed by atoms with Gasteiger partial charge in [0.05, 0.1) is 6.61 Å². The molecule has 0 aliphatic heterocycles. The van der Waals surface area contributed by atoms with Crippen LogP contribution in [0.25, 0.3) is 5.76 Å². The molecule has 0 fully saturated rings. The molecule has 0 heterocycles. The number of aliphatic hydroxyl groups excluding tert-OH is 1. The summed E-state index contributed by atoms with van der Waals surface area (Å²) in [6, 6.07) is 8.84. The lowest BCUT2D eigenvalue weighted by Crippen LogP contribution is -2.16. The van der Waals surface area contributed by atoms with E-state index in [1.54, 1.807) is 45.2 Å². The minimum atomic E-state index is -0.568. The van der Waals surface area contributed by atoms with Crippen molar-refractivity contribution in [2.75, 3.05) is 13.7 Å². The van der Waals surface area contributed by atoms with E-state index in [0.717, 1.165) is 0 Å². The Morgan fingerprint density at radius 2 is 1.94 bits per heavy atom. The van der Waals surface area contributed by atoms with Gasteiger partial charge in [-0.05, 0) is 13.8 Å². The molecule has 4 nitrogen and oxygen atoms in total. The molecule has 0 amide bonds. The molecule has 0 aliphatic rings.